The second kappa shape index (κ2) is 7.23. The van der Waals surface area contributed by atoms with Gasteiger partial charge < -0.3 is 15.0 Å². The zero-order valence-corrected chi connectivity index (χ0v) is 14.7. The van der Waals surface area contributed by atoms with Crippen molar-refractivity contribution in [3.05, 3.63) is 46.4 Å². The summed E-state index contributed by atoms with van der Waals surface area (Å²) in [5, 5.41) is 3.63. The Morgan fingerprint density at radius 3 is 3.00 bits per heavy atom. The van der Waals surface area contributed by atoms with Gasteiger partial charge in [-0.15, -0.1) is 0 Å². The molecule has 25 heavy (non-hydrogen) atoms. The summed E-state index contributed by atoms with van der Waals surface area (Å²) < 4.78 is 18.7. The van der Waals surface area contributed by atoms with Crippen LogP contribution < -0.4 is 10.1 Å². The molecule has 0 fully saturated rings. The van der Waals surface area contributed by atoms with Gasteiger partial charge >= 0.3 is 6.01 Å². The van der Waals surface area contributed by atoms with Crippen LogP contribution in [0.1, 0.15) is 30.5 Å². The van der Waals surface area contributed by atoms with E-state index in [1.54, 1.807) is 11.0 Å². The second-order valence-electron chi connectivity index (χ2n) is 5.82. The van der Waals surface area contributed by atoms with Crippen molar-refractivity contribution in [1.82, 2.24) is 14.9 Å². The second-order valence-corrected chi connectivity index (χ2v) is 6.23. The number of amides is 1. The van der Waals surface area contributed by atoms with Gasteiger partial charge in [-0.05, 0) is 29.7 Å². The van der Waals surface area contributed by atoms with Crippen LogP contribution >= 0.6 is 11.6 Å². The Morgan fingerprint density at radius 1 is 1.48 bits per heavy atom. The van der Waals surface area contributed by atoms with Gasteiger partial charge in [0.15, 0.2) is 5.82 Å². The lowest BCUT2D eigenvalue weighted by Gasteiger charge is -2.20. The van der Waals surface area contributed by atoms with Gasteiger partial charge in [-0.2, -0.15) is 4.98 Å². The molecule has 1 atom stereocenters. The summed E-state index contributed by atoms with van der Waals surface area (Å²) in [6.45, 7) is 2.43. The molecule has 0 spiro atoms. The van der Waals surface area contributed by atoms with Crippen LogP contribution in [0.15, 0.2) is 24.4 Å². The van der Waals surface area contributed by atoms with E-state index in [9.17, 15) is 9.18 Å². The van der Waals surface area contributed by atoms with Crippen LogP contribution in [0.25, 0.3) is 0 Å². The summed E-state index contributed by atoms with van der Waals surface area (Å²) in [6, 6.07) is 4.65. The van der Waals surface area contributed by atoms with Gasteiger partial charge in [0, 0.05) is 20.0 Å². The molecule has 1 N–H and O–H groups in total. The molecule has 1 aliphatic heterocycles. The third-order valence-electron chi connectivity index (χ3n) is 4.19. The van der Waals surface area contributed by atoms with E-state index in [1.807, 2.05) is 0 Å². The lowest BCUT2D eigenvalue weighted by Crippen LogP contribution is -2.28. The molecule has 2 heterocycles. The van der Waals surface area contributed by atoms with Crippen LogP contribution in [0.5, 0.6) is 6.01 Å². The van der Waals surface area contributed by atoms with E-state index < -0.39 is 0 Å². The Kier molecular flexibility index (Phi) is 5.03. The Morgan fingerprint density at radius 2 is 2.28 bits per heavy atom. The van der Waals surface area contributed by atoms with Crippen molar-refractivity contribution in [1.29, 1.82) is 0 Å². The van der Waals surface area contributed by atoms with E-state index >= 15 is 0 Å². The summed E-state index contributed by atoms with van der Waals surface area (Å²) in [4.78, 5) is 21.7. The number of anilines is 1. The number of carbonyl (C=O) groups is 1. The van der Waals surface area contributed by atoms with E-state index in [2.05, 4.69) is 15.3 Å². The van der Waals surface area contributed by atoms with Gasteiger partial charge in [-0.25, -0.2) is 9.37 Å². The molecule has 0 saturated heterocycles. The zero-order chi connectivity index (χ0) is 18.0. The minimum absolute atomic E-state index is 0.0439. The van der Waals surface area contributed by atoms with Crippen LogP contribution in [0.4, 0.5) is 10.2 Å². The van der Waals surface area contributed by atoms with Gasteiger partial charge in [0.1, 0.15) is 10.8 Å². The van der Waals surface area contributed by atoms with Crippen LogP contribution in [-0.2, 0) is 11.3 Å². The SMILES string of the molecule is COc1ncc(Cl)c(NC2CCN(C(C)=O)Cc3cc(F)ccc32)n1. The minimum atomic E-state index is -0.329. The fraction of sp³-hybridized carbons (Fsp3) is 0.353. The fourth-order valence-electron chi connectivity index (χ4n) is 2.91. The monoisotopic (exact) mass is 364 g/mol. The molecule has 0 radical (unpaired) electrons. The number of methoxy groups -OCH3 is 1. The standard InChI is InChI=1S/C17H18ClFN4O2/c1-10(24)23-6-5-15(13-4-3-12(19)7-11(13)9-23)21-16-14(18)8-20-17(22-16)25-2/h3-4,7-8,15H,5-6,9H2,1-2H3,(H,20,21,22). The summed E-state index contributed by atoms with van der Waals surface area (Å²) in [5.41, 5.74) is 1.68. The number of nitrogens with one attached hydrogen (secondary N) is 1. The van der Waals surface area contributed by atoms with Crippen LogP contribution in [0, 0.1) is 5.82 Å². The number of hydrogen-bond acceptors (Lipinski definition) is 5. The number of halogens is 2. The first-order valence-electron chi connectivity index (χ1n) is 7.85. The molecule has 1 aliphatic rings. The van der Waals surface area contributed by atoms with Gasteiger partial charge in [0.05, 0.1) is 19.3 Å². The van der Waals surface area contributed by atoms with Gasteiger partial charge in [0.25, 0.3) is 0 Å². The first-order valence-corrected chi connectivity index (χ1v) is 8.22. The predicted molar refractivity (Wildman–Crippen MR) is 92.1 cm³/mol. The maximum Gasteiger partial charge on any atom is 0.318 e. The number of benzene rings is 1. The number of ether oxygens (including phenoxy) is 1. The number of nitrogens with zero attached hydrogens (tertiary/aromatic N) is 3. The largest absolute Gasteiger partial charge is 0.467 e. The Hall–Kier alpha value is -2.41. The Labute approximate surface area is 150 Å². The maximum absolute atomic E-state index is 13.7. The van der Waals surface area contributed by atoms with E-state index in [0.29, 0.717) is 30.4 Å². The summed E-state index contributed by atoms with van der Waals surface area (Å²) in [6.07, 6.45) is 2.10. The van der Waals surface area contributed by atoms with E-state index in [1.165, 1.54) is 32.4 Å². The molecule has 1 aromatic heterocycles. The van der Waals surface area contributed by atoms with Crippen LogP contribution in [-0.4, -0.2) is 34.4 Å². The molecule has 1 amide bonds. The smallest absolute Gasteiger partial charge is 0.318 e. The third-order valence-corrected chi connectivity index (χ3v) is 4.47. The highest BCUT2D eigenvalue weighted by Crippen LogP contribution is 2.32. The van der Waals surface area contributed by atoms with E-state index in [-0.39, 0.29) is 23.8 Å². The average Bonchev–Trinajstić information content (AvgIpc) is 2.76. The van der Waals surface area contributed by atoms with E-state index in [4.69, 9.17) is 16.3 Å². The van der Waals surface area contributed by atoms with Crippen molar-refractivity contribution in [2.45, 2.75) is 25.9 Å². The van der Waals surface area contributed by atoms with Gasteiger partial charge in [-0.3, -0.25) is 4.79 Å². The molecule has 0 saturated carbocycles. The van der Waals surface area contributed by atoms with Crippen LogP contribution in [0.3, 0.4) is 0 Å². The molecular formula is C17H18ClFN4O2. The topological polar surface area (TPSA) is 67.3 Å². The fourth-order valence-corrected chi connectivity index (χ4v) is 3.06. The molecule has 1 unspecified atom stereocenters. The first kappa shape index (κ1) is 17.4. The maximum atomic E-state index is 13.7. The number of hydrogen-bond donors (Lipinski definition) is 1. The highest BCUT2D eigenvalue weighted by Gasteiger charge is 2.25. The van der Waals surface area contributed by atoms with Crippen molar-refractivity contribution < 1.29 is 13.9 Å². The molecule has 1 aromatic carbocycles. The van der Waals surface area contributed by atoms with Gasteiger partial charge in [0.2, 0.25) is 5.91 Å². The van der Waals surface area contributed by atoms with Crippen molar-refractivity contribution in [2.24, 2.45) is 0 Å². The van der Waals surface area contributed by atoms with Crippen molar-refractivity contribution in [3.63, 3.8) is 0 Å². The Balaban J connectivity index is 1.95. The third kappa shape index (κ3) is 3.82. The number of rotatable bonds is 3. The predicted octanol–water partition coefficient (Wildman–Crippen LogP) is 3.18. The molecule has 8 heteroatoms. The van der Waals surface area contributed by atoms with Gasteiger partial charge in [-0.1, -0.05) is 17.7 Å². The molecule has 6 nitrogen and oxygen atoms in total. The molecule has 0 aliphatic carbocycles. The summed E-state index contributed by atoms with van der Waals surface area (Å²) in [5.74, 6) is 0.0623. The highest BCUT2D eigenvalue weighted by atomic mass is 35.5. The zero-order valence-electron chi connectivity index (χ0n) is 13.9. The van der Waals surface area contributed by atoms with Crippen LogP contribution in [0.2, 0.25) is 5.02 Å². The lowest BCUT2D eigenvalue weighted by molar-refractivity contribution is -0.129. The van der Waals surface area contributed by atoms with E-state index in [0.717, 1.165) is 11.1 Å². The molecular weight excluding hydrogens is 347 g/mol. The Bertz CT molecular complexity index is 802. The van der Waals surface area contributed by atoms with Crippen molar-refractivity contribution >= 4 is 23.3 Å². The molecule has 0 bridgehead atoms. The average molecular weight is 365 g/mol. The molecule has 132 valence electrons. The number of carbonyl (C=O) groups excluding carboxylic acids is 1. The lowest BCUT2D eigenvalue weighted by atomic mass is 9.99. The number of fused-ring (bicyclic) bond motifs is 1. The molecule has 2 aromatic rings. The van der Waals surface area contributed by atoms with Crippen molar-refractivity contribution in [3.8, 4) is 6.01 Å². The minimum Gasteiger partial charge on any atom is -0.467 e. The highest BCUT2D eigenvalue weighted by molar-refractivity contribution is 6.32. The normalized spacial score (nSPS) is 16.8. The van der Waals surface area contributed by atoms with Crippen molar-refractivity contribution in [2.75, 3.05) is 19.0 Å². The summed E-state index contributed by atoms with van der Waals surface area (Å²) in [7, 11) is 1.47. The summed E-state index contributed by atoms with van der Waals surface area (Å²) >= 11 is 6.18. The number of aromatic nitrogens is 2. The molecule has 3 rings (SSSR count). The quantitative estimate of drug-likeness (QED) is 0.906. The first-order chi connectivity index (χ1) is 12.0.